The maximum absolute atomic E-state index is 13.5. The average molecular weight is 401 g/mol. The van der Waals surface area contributed by atoms with Gasteiger partial charge in [0.15, 0.2) is 5.69 Å². The lowest BCUT2D eigenvalue weighted by molar-refractivity contribution is -0.120. The van der Waals surface area contributed by atoms with Crippen molar-refractivity contribution in [3.05, 3.63) is 75.7 Å². The van der Waals surface area contributed by atoms with Gasteiger partial charge in [0.25, 0.3) is 23.3 Å². The molecule has 11 heteroatoms. The zero-order valence-electron chi connectivity index (χ0n) is 14.6. The maximum Gasteiger partial charge on any atom is 0.290 e. The zero-order valence-corrected chi connectivity index (χ0v) is 14.6. The molecule has 0 bridgehead atoms. The van der Waals surface area contributed by atoms with Crippen LogP contribution in [0.1, 0.15) is 20.8 Å². The molecule has 0 saturated heterocycles. The van der Waals surface area contributed by atoms with Crippen molar-refractivity contribution in [2.45, 2.75) is 0 Å². The number of amides is 3. The molecule has 0 atom stereocenters. The summed E-state index contributed by atoms with van der Waals surface area (Å²) in [6.45, 7) is -0.588. The fraction of sp³-hybridized carbons (Fsp3) is 0.0556. The van der Waals surface area contributed by atoms with E-state index in [4.69, 9.17) is 0 Å². The molecule has 0 aliphatic rings. The maximum atomic E-state index is 13.5. The Morgan fingerprint density at radius 3 is 2.41 bits per heavy atom. The molecule has 0 aliphatic carbocycles. The summed E-state index contributed by atoms with van der Waals surface area (Å²) in [5.74, 6) is -4.47. The summed E-state index contributed by atoms with van der Waals surface area (Å²) in [6, 6.07) is 8.64. The van der Waals surface area contributed by atoms with Crippen LogP contribution in [0.4, 0.5) is 8.78 Å². The van der Waals surface area contributed by atoms with E-state index < -0.39 is 47.0 Å². The molecule has 3 aromatic rings. The van der Waals surface area contributed by atoms with Crippen molar-refractivity contribution < 1.29 is 23.2 Å². The number of aromatic nitrogens is 2. The summed E-state index contributed by atoms with van der Waals surface area (Å²) in [7, 11) is 0. The van der Waals surface area contributed by atoms with Gasteiger partial charge in [-0.1, -0.05) is 18.2 Å². The minimum Gasteiger partial charge on any atom is -0.343 e. The number of carbonyl (C=O) groups excluding carboxylic acids is 3. The van der Waals surface area contributed by atoms with Gasteiger partial charge >= 0.3 is 0 Å². The van der Waals surface area contributed by atoms with Gasteiger partial charge in [0.2, 0.25) is 0 Å². The molecule has 3 rings (SSSR count). The first-order valence-electron chi connectivity index (χ1n) is 8.16. The molecule has 9 nitrogen and oxygen atoms in total. The van der Waals surface area contributed by atoms with Crippen LogP contribution in [-0.4, -0.2) is 34.5 Å². The first-order valence-corrected chi connectivity index (χ1v) is 8.16. The largest absolute Gasteiger partial charge is 0.343 e. The van der Waals surface area contributed by atoms with Gasteiger partial charge in [0, 0.05) is 11.5 Å². The highest BCUT2D eigenvalue weighted by atomic mass is 19.1. The Hall–Kier alpha value is -4.15. The van der Waals surface area contributed by atoms with E-state index in [-0.39, 0.29) is 16.5 Å². The number of hydrazine groups is 1. The molecule has 0 saturated carbocycles. The van der Waals surface area contributed by atoms with Crippen LogP contribution in [0.3, 0.4) is 0 Å². The Morgan fingerprint density at radius 1 is 0.966 bits per heavy atom. The molecule has 2 aromatic carbocycles. The summed E-state index contributed by atoms with van der Waals surface area (Å²) >= 11 is 0. The number of carbonyl (C=O) groups is 3. The Balaban J connectivity index is 1.58. The second-order valence-corrected chi connectivity index (χ2v) is 5.76. The van der Waals surface area contributed by atoms with E-state index in [0.717, 1.165) is 12.1 Å². The van der Waals surface area contributed by atoms with Gasteiger partial charge < -0.3 is 5.32 Å². The molecular weight excluding hydrogens is 388 g/mol. The van der Waals surface area contributed by atoms with Gasteiger partial charge in [-0.2, -0.15) is 5.10 Å². The standard InChI is InChI=1S/C18H13F2N5O4/c19-9-5-6-12(13(20)7-9)16(27)21-8-14(26)22-25-18(29)15-10-3-1-2-4-11(10)17(28)24-23-15/h1-7H,8H2,(H,21,27)(H,22,26)(H,24,28)(H,25,29). The Kier molecular flexibility index (Phi) is 5.58. The van der Waals surface area contributed by atoms with Crippen molar-refractivity contribution in [1.82, 2.24) is 26.4 Å². The van der Waals surface area contributed by atoms with Crippen LogP contribution in [0.15, 0.2) is 47.3 Å². The molecule has 0 unspecified atom stereocenters. The van der Waals surface area contributed by atoms with Crippen molar-refractivity contribution >= 4 is 28.5 Å². The second-order valence-electron chi connectivity index (χ2n) is 5.76. The number of nitrogens with zero attached hydrogens (tertiary/aromatic N) is 1. The molecule has 0 aliphatic heterocycles. The molecule has 0 fully saturated rings. The molecule has 0 radical (unpaired) electrons. The quantitative estimate of drug-likeness (QED) is 0.470. The summed E-state index contributed by atoms with van der Waals surface area (Å²) in [6.07, 6.45) is 0. The first-order chi connectivity index (χ1) is 13.9. The third-order valence-electron chi connectivity index (χ3n) is 3.81. The third kappa shape index (κ3) is 4.40. The van der Waals surface area contributed by atoms with Crippen LogP contribution in [0.5, 0.6) is 0 Å². The fourth-order valence-corrected chi connectivity index (χ4v) is 2.45. The Morgan fingerprint density at radius 2 is 1.69 bits per heavy atom. The van der Waals surface area contributed by atoms with Gasteiger partial charge in [-0.3, -0.25) is 30.0 Å². The van der Waals surface area contributed by atoms with Gasteiger partial charge in [-0.05, 0) is 18.2 Å². The minimum atomic E-state index is -1.08. The fourth-order valence-electron chi connectivity index (χ4n) is 2.45. The highest BCUT2D eigenvalue weighted by Gasteiger charge is 2.16. The van der Waals surface area contributed by atoms with E-state index in [9.17, 15) is 28.0 Å². The number of rotatable bonds is 4. The number of aromatic amines is 1. The molecule has 1 aromatic heterocycles. The van der Waals surface area contributed by atoms with Crippen LogP contribution in [0.25, 0.3) is 10.8 Å². The first kappa shape index (κ1) is 19.6. The summed E-state index contributed by atoms with van der Waals surface area (Å²) in [5.41, 5.74) is 3.11. The number of benzene rings is 2. The van der Waals surface area contributed by atoms with Crippen LogP contribution in [-0.2, 0) is 4.79 Å². The van der Waals surface area contributed by atoms with E-state index in [1.807, 2.05) is 0 Å². The lowest BCUT2D eigenvalue weighted by atomic mass is 10.1. The normalized spacial score (nSPS) is 10.4. The minimum absolute atomic E-state index is 0.127. The molecule has 3 amide bonds. The number of halogens is 2. The predicted molar refractivity (Wildman–Crippen MR) is 96.7 cm³/mol. The molecule has 148 valence electrons. The highest BCUT2D eigenvalue weighted by molar-refractivity contribution is 6.05. The number of hydrogen-bond donors (Lipinski definition) is 4. The summed E-state index contributed by atoms with van der Waals surface area (Å²) in [5, 5.41) is 8.51. The van der Waals surface area contributed by atoms with E-state index in [1.165, 1.54) is 12.1 Å². The van der Waals surface area contributed by atoms with Gasteiger partial charge in [0.05, 0.1) is 17.5 Å². The molecule has 29 heavy (non-hydrogen) atoms. The van der Waals surface area contributed by atoms with Crippen LogP contribution in [0, 0.1) is 11.6 Å². The number of fused-ring (bicyclic) bond motifs is 1. The number of H-pyrrole nitrogens is 1. The van der Waals surface area contributed by atoms with Crippen molar-refractivity contribution in [2.75, 3.05) is 6.54 Å². The summed E-state index contributed by atoms with van der Waals surface area (Å²) in [4.78, 5) is 47.6. The predicted octanol–water partition coefficient (Wildman–Crippen LogP) is 0.392. The van der Waals surface area contributed by atoms with Gasteiger partial charge in [0.1, 0.15) is 11.6 Å². The lowest BCUT2D eigenvalue weighted by Gasteiger charge is -2.09. The molecule has 0 spiro atoms. The smallest absolute Gasteiger partial charge is 0.290 e. The number of nitrogens with one attached hydrogen (secondary N) is 4. The van der Waals surface area contributed by atoms with Gasteiger partial charge in [-0.25, -0.2) is 13.9 Å². The Bertz CT molecular complexity index is 1180. The lowest BCUT2D eigenvalue weighted by Crippen LogP contribution is -2.46. The third-order valence-corrected chi connectivity index (χ3v) is 3.81. The summed E-state index contributed by atoms with van der Waals surface area (Å²) < 4.78 is 26.4. The van der Waals surface area contributed by atoms with E-state index in [1.54, 1.807) is 12.1 Å². The number of hydrogen-bond acceptors (Lipinski definition) is 5. The van der Waals surface area contributed by atoms with E-state index in [2.05, 4.69) is 26.4 Å². The molecule has 1 heterocycles. The monoisotopic (exact) mass is 401 g/mol. The SMILES string of the molecule is O=C(CNC(=O)c1ccc(F)cc1F)NNC(=O)c1n[nH]c(=O)c2ccccc12. The topological polar surface area (TPSA) is 133 Å². The van der Waals surface area contributed by atoms with Gasteiger partial charge in [-0.15, -0.1) is 0 Å². The van der Waals surface area contributed by atoms with Crippen LogP contribution >= 0.6 is 0 Å². The average Bonchev–Trinajstić information content (AvgIpc) is 2.70. The second kappa shape index (κ2) is 8.25. The molecule has 4 N–H and O–H groups in total. The zero-order chi connectivity index (χ0) is 21.0. The van der Waals surface area contributed by atoms with E-state index in [0.29, 0.717) is 6.07 Å². The van der Waals surface area contributed by atoms with Crippen LogP contribution in [0.2, 0.25) is 0 Å². The van der Waals surface area contributed by atoms with Crippen molar-refractivity contribution in [3.8, 4) is 0 Å². The van der Waals surface area contributed by atoms with Crippen molar-refractivity contribution in [3.63, 3.8) is 0 Å². The Labute approximate surface area is 161 Å². The van der Waals surface area contributed by atoms with Crippen molar-refractivity contribution in [2.24, 2.45) is 0 Å². The molecular formula is C18H13F2N5O4. The van der Waals surface area contributed by atoms with E-state index >= 15 is 0 Å². The van der Waals surface area contributed by atoms with Crippen LogP contribution < -0.4 is 21.7 Å². The highest BCUT2D eigenvalue weighted by Crippen LogP contribution is 2.12. The van der Waals surface area contributed by atoms with Crippen molar-refractivity contribution in [1.29, 1.82) is 0 Å².